The van der Waals surface area contributed by atoms with Crippen LogP contribution in [0, 0.1) is 0 Å². The number of fused-ring (bicyclic) bond motifs is 2. The molecule has 1 aliphatic carbocycles. The molecule has 0 fully saturated rings. The summed E-state index contributed by atoms with van der Waals surface area (Å²) >= 11 is 0. The molecule has 132 valence electrons. The van der Waals surface area contributed by atoms with Crippen LogP contribution in [0.5, 0.6) is 5.75 Å². The maximum Gasteiger partial charge on any atom is 0.255 e. The third kappa shape index (κ3) is 2.55. The minimum Gasteiger partial charge on any atom is -0.504 e. The molecule has 3 aromatic rings. The Bertz CT molecular complexity index is 1120. The number of nitrogens with two attached hydrogens (primary N) is 1. The van der Waals surface area contributed by atoms with Gasteiger partial charge in [0.1, 0.15) is 0 Å². The van der Waals surface area contributed by atoms with Crippen molar-refractivity contribution in [2.45, 2.75) is 0 Å². The van der Waals surface area contributed by atoms with Crippen LogP contribution >= 0.6 is 0 Å². The SMILES string of the molecule is Nc1cc2c(c(NC(=O)c3ccccc3)c1O)C(=O)c1ccccc1C2=O. The molecule has 1 amide bonds. The van der Waals surface area contributed by atoms with Crippen LogP contribution in [0.4, 0.5) is 11.4 Å². The Kier molecular flexibility index (Phi) is 3.74. The van der Waals surface area contributed by atoms with Gasteiger partial charge in [-0.15, -0.1) is 0 Å². The van der Waals surface area contributed by atoms with Gasteiger partial charge in [0, 0.05) is 22.3 Å². The molecule has 1 aliphatic rings. The standard InChI is InChI=1S/C21H14N2O4/c22-15-10-14-16(19(25)13-9-5-4-8-12(13)18(14)24)17(20(15)26)23-21(27)11-6-2-1-3-7-11/h1-10,26H,22H2,(H,23,27). The molecule has 0 aliphatic heterocycles. The van der Waals surface area contributed by atoms with Gasteiger partial charge in [-0.2, -0.15) is 0 Å². The molecule has 0 aromatic heterocycles. The first-order chi connectivity index (χ1) is 13.0. The molecule has 6 nitrogen and oxygen atoms in total. The minimum absolute atomic E-state index is 0.0531. The number of amides is 1. The van der Waals surface area contributed by atoms with Crippen LogP contribution in [0.1, 0.15) is 42.2 Å². The van der Waals surface area contributed by atoms with E-state index < -0.39 is 17.4 Å². The molecule has 0 unspecified atom stereocenters. The predicted octanol–water partition coefficient (Wildman–Crippen LogP) is 3.00. The lowest BCUT2D eigenvalue weighted by Crippen LogP contribution is -2.24. The summed E-state index contributed by atoms with van der Waals surface area (Å²) in [5.41, 5.74) is 6.37. The number of ketones is 2. The van der Waals surface area contributed by atoms with Crippen LogP contribution < -0.4 is 11.1 Å². The molecule has 4 N–H and O–H groups in total. The van der Waals surface area contributed by atoms with Gasteiger partial charge < -0.3 is 16.2 Å². The van der Waals surface area contributed by atoms with Crippen LogP contribution in [0.2, 0.25) is 0 Å². The van der Waals surface area contributed by atoms with Gasteiger partial charge in [-0.25, -0.2) is 0 Å². The zero-order valence-electron chi connectivity index (χ0n) is 14.0. The molecule has 0 radical (unpaired) electrons. The third-order valence-electron chi connectivity index (χ3n) is 4.49. The minimum atomic E-state index is -0.530. The number of rotatable bonds is 2. The van der Waals surface area contributed by atoms with Crippen molar-refractivity contribution in [3.63, 3.8) is 0 Å². The van der Waals surface area contributed by atoms with Gasteiger partial charge in [0.05, 0.1) is 16.9 Å². The third-order valence-corrected chi connectivity index (χ3v) is 4.49. The zero-order chi connectivity index (χ0) is 19.1. The van der Waals surface area contributed by atoms with Crippen molar-refractivity contribution in [2.24, 2.45) is 0 Å². The average Bonchev–Trinajstić information content (AvgIpc) is 2.70. The number of nitrogens with one attached hydrogen (secondary N) is 1. The van der Waals surface area contributed by atoms with E-state index in [4.69, 9.17) is 5.73 Å². The Morgan fingerprint density at radius 1 is 0.852 bits per heavy atom. The Morgan fingerprint density at radius 2 is 1.44 bits per heavy atom. The highest BCUT2D eigenvalue weighted by molar-refractivity contribution is 6.31. The normalized spacial score (nSPS) is 12.3. The van der Waals surface area contributed by atoms with E-state index in [2.05, 4.69) is 5.32 Å². The summed E-state index contributed by atoms with van der Waals surface area (Å²) in [5, 5.41) is 12.9. The maximum atomic E-state index is 13.0. The summed E-state index contributed by atoms with van der Waals surface area (Å²) in [6, 6.07) is 16.0. The molecular formula is C21H14N2O4. The second kappa shape index (κ2) is 6.10. The van der Waals surface area contributed by atoms with E-state index in [0.717, 1.165) is 0 Å². The highest BCUT2D eigenvalue weighted by Gasteiger charge is 2.34. The summed E-state index contributed by atoms with van der Waals surface area (Å²) in [7, 11) is 0. The maximum absolute atomic E-state index is 13.0. The summed E-state index contributed by atoms with van der Waals surface area (Å²) in [4.78, 5) is 38.4. The lowest BCUT2D eigenvalue weighted by molar-refractivity contribution is 0.0978. The van der Waals surface area contributed by atoms with Crippen LogP contribution in [0.3, 0.4) is 0 Å². The van der Waals surface area contributed by atoms with Crippen LogP contribution in [-0.4, -0.2) is 22.6 Å². The Hall–Kier alpha value is -3.93. The van der Waals surface area contributed by atoms with Crippen molar-refractivity contribution in [1.82, 2.24) is 0 Å². The predicted molar refractivity (Wildman–Crippen MR) is 100 cm³/mol. The quantitative estimate of drug-likeness (QED) is 0.377. The number of hydrogen-bond acceptors (Lipinski definition) is 5. The first-order valence-corrected chi connectivity index (χ1v) is 8.19. The number of nitrogen functional groups attached to an aromatic ring is 1. The number of phenolic OH excluding ortho intramolecular Hbond substituents is 1. The van der Waals surface area contributed by atoms with Crippen molar-refractivity contribution < 1.29 is 19.5 Å². The smallest absolute Gasteiger partial charge is 0.255 e. The van der Waals surface area contributed by atoms with Gasteiger partial charge in [-0.1, -0.05) is 42.5 Å². The van der Waals surface area contributed by atoms with Gasteiger partial charge in [0.15, 0.2) is 17.3 Å². The number of benzene rings is 3. The average molecular weight is 358 g/mol. The highest BCUT2D eigenvalue weighted by Crippen LogP contribution is 2.41. The van der Waals surface area contributed by atoms with E-state index in [1.165, 1.54) is 12.1 Å². The Labute approximate surface area is 154 Å². The van der Waals surface area contributed by atoms with Gasteiger partial charge in [0.2, 0.25) is 0 Å². The lowest BCUT2D eigenvalue weighted by atomic mass is 9.82. The Morgan fingerprint density at radius 3 is 2.11 bits per heavy atom. The van der Waals surface area contributed by atoms with Gasteiger partial charge in [-0.05, 0) is 18.2 Å². The topological polar surface area (TPSA) is 109 Å². The van der Waals surface area contributed by atoms with Crippen LogP contribution in [-0.2, 0) is 0 Å². The first-order valence-electron chi connectivity index (χ1n) is 8.19. The van der Waals surface area contributed by atoms with E-state index in [0.29, 0.717) is 5.56 Å². The second-order valence-corrected chi connectivity index (χ2v) is 6.14. The number of phenols is 1. The summed E-state index contributed by atoms with van der Waals surface area (Å²) in [6.45, 7) is 0. The monoisotopic (exact) mass is 358 g/mol. The first kappa shape index (κ1) is 16.5. The van der Waals surface area contributed by atoms with E-state index in [1.54, 1.807) is 48.5 Å². The van der Waals surface area contributed by atoms with Crippen molar-refractivity contribution in [1.29, 1.82) is 0 Å². The van der Waals surface area contributed by atoms with Crippen molar-refractivity contribution in [3.8, 4) is 5.75 Å². The fraction of sp³-hybridized carbons (Fsp3) is 0. The summed E-state index contributed by atoms with van der Waals surface area (Å²) < 4.78 is 0. The molecule has 6 heteroatoms. The number of anilines is 2. The molecule has 27 heavy (non-hydrogen) atoms. The van der Waals surface area contributed by atoms with E-state index in [-0.39, 0.29) is 39.4 Å². The zero-order valence-corrected chi connectivity index (χ0v) is 14.0. The second-order valence-electron chi connectivity index (χ2n) is 6.14. The number of carbonyl (C=O) groups is 3. The fourth-order valence-electron chi connectivity index (χ4n) is 3.16. The van der Waals surface area contributed by atoms with Crippen LogP contribution in [0.25, 0.3) is 0 Å². The molecule has 0 saturated carbocycles. The van der Waals surface area contributed by atoms with E-state index >= 15 is 0 Å². The molecule has 0 saturated heterocycles. The molecular weight excluding hydrogens is 344 g/mol. The molecule has 4 rings (SSSR count). The molecule has 0 heterocycles. The number of aromatic hydroxyl groups is 1. The van der Waals surface area contributed by atoms with E-state index in [9.17, 15) is 19.5 Å². The Balaban J connectivity index is 1.89. The van der Waals surface area contributed by atoms with E-state index in [1.807, 2.05) is 0 Å². The van der Waals surface area contributed by atoms with Gasteiger partial charge in [-0.3, -0.25) is 14.4 Å². The van der Waals surface area contributed by atoms with Crippen molar-refractivity contribution in [2.75, 3.05) is 11.1 Å². The summed E-state index contributed by atoms with van der Waals surface area (Å²) in [5.74, 6) is -1.82. The lowest BCUT2D eigenvalue weighted by Gasteiger charge is -2.22. The largest absolute Gasteiger partial charge is 0.504 e. The van der Waals surface area contributed by atoms with Gasteiger partial charge in [0.25, 0.3) is 5.91 Å². The van der Waals surface area contributed by atoms with Crippen molar-refractivity contribution >= 4 is 28.8 Å². The molecule has 0 spiro atoms. The molecule has 0 atom stereocenters. The summed E-state index contributed by atoms with van der Waals surface area (Å²) in [6.07, 6.45) is 0. The van der Waals surface area contributed by atoms with Crippen molar-refractivity contribution in [3.05, 3.63) is 88.5 Å². The molecule has 3 aromatic carbocycles. The highest BCUT2D eigenvalue weighted by atomic mass is 16.3. The number of hydrogen-bond donors (Lipinski definition) is 3. The van der Waals surface area contributed by atoms with Crippen LogP contribution in [0.15, 0.2) is 60.7 Å². The molecule has 0 bridgehead atoms. The number of carbonyl (C=O) groups excluding carboxylic acids is 3. The van der Waals surface area contributed by atoms with Gasteiger partial charge >= 0.3 is 0 Å². The fourth-order valence-corrected chi connectivity index (χ4v) is 3.16.